The maximum absolute atomic E-state index is 15.4. The number of nitrogen functional groups attached to an aromatic ring is 3. The highest BCUT2D eigenvalue weighted by atomic mass is 35.5. The van der Waals surface area contributed by atoms with Crippen LogP contribution in [-0.2, 0) is 0 Å². The van der Waals surface area contributed by atoms with Gasteiger partial charge in [0.2, 0.25) is 0 Å². The molecule has 3 amide bonds. The van der Waals surface area contributed by atoms with Crippen molar-refractivity contribution in [2.45, 2.75) is 163 Å². The number of aryl methyl sites for hydroxylation is 3. The Kier molecular flexibility index (Phi) is 23.0. The SMILES string of the molecule is Cc1nc(C(C)c2cc(Cl)c(F)c(C(=O)N3CC[C@H](O)C3)c2OC(C)C)n2ccnc(N)c12.Cc1nc(C(C)c2cc(Cl)c(F)c(C(=O)NC[C@@H](C)O)c2OC(C)C)n2ccnc(N)c12.Cc1nc([C@@H](C)c2cc(Cl)c(F)c(C(=O)N3CCC(F)(F)CC3)c2OC(C)C)n2ccnc(N)c12. The van der Waals surface area contributed by atoms with Crippen LogP contribution in [0.5, 0.6) is 17.2 Å². The number of carbonyl (C=O) groups excluding carboxylic acids is 3. The summed E-state index contributed by atoms with van der Waals surface area (Å²) in [4.78, 5) is 68.6. The van der Waals surface area contributed by atoms with Gasteiger partial charge in [-0.05, 0) is 93.9 Å². The van der Waals surface area contributed by atoms with Crippen LogP contribution in [0.4, 0.5) is 39.4 Å². The third-order valence-electron chi connectivity index (χ3n) is 17.0. The predicted molar refractivity (Wildman–Crippen MR) is 371 cm³/mol. The molecule has 11 rings (SSSR count). The van der Waals surface area contributed by atoms with Crippen LogP contribution in [0.1, 0.15) is 189 Å². The number of hydrogen-bond acceptors (Lipinski definition) is 17. The Morgan fingerprint density at radius 2 is 0.900 bits per heavy atom. The van der Waals surface area contributed by atoms with Crippen molar-refractivity contribution < 1.29 is 60.8 Å². The van der Waals surface area contributed by atoms with E-state index >= 15 is 13.2 Å². The second-order valence-electron chi connectivity index (χ2n) is 25.7. The van der Waals surface area contributed by atoms with Crippen molar-refractivity contribution in [3.8, 4) is 17.2 Å². The Balaban J connectivity index is 0.000000175. The molecular formula is C69H81Cl3F5N15O8. The maximum atomic E-state index is 15.4. The minimum atomic E-state index is -2.85. The number of β-amino-alcohol motifs (C(OH)–C–C–N with tert-alkyl or cyclic N) is 1. The first-order valence-corrected chi connectivity index (χ1v) is 33.6. The second-order valence-corrected chi connectivity index (χ2v) is 26.9. The van der Waals surface area contributed by atoms with Crippen molar-refractivity contribution in [1.29, 1.82) is 0 Å². The van der Waals surface area contributed by atoms with Gasteiger partial charge >= 0.3 is 0 Å². The third-order valence-corrected chi connectivity index (χ3v) is 17.8. The van der Waals surface area contributed by atoms with Gasteiger partial charge in [0.15, 0.2) is 17.5 Å². The fraction of sp³-hybridized carbons (Fsp3) is 0.435. The van der Waals surface area contributed by atoms with E-state index in [9.17, 15) is 33.4 Å². The van der Waals surface area contributed by atoms with E-state index in [2.05, 4.69) is 35.2 Å². The van der Waals surface area contributed by atoms with Gasteiger partial charge in [-0.1, -0.05) is 55.6 Å². The number of aliphatic hydroxyl groups excluding tert-OH is 2. The highest BCUT2D eigenvalue weighted by Crippen LogP contribution is 2.45. The van der Waals surface area contributed by atoms with Crippen LogP contribution < -0.4 is 36.7 Å². The molecule has 0 aliphatic carbocycles. The molecule has 2 saturated heterocycles. The van der Waals surface area contributed by atoms with Crippen LogP contribution in [0.2, 0.25) is 15.1 Å². The minimum Gasteiger partial charge on any atom is -0.490 e. The summed E-state index contributed by atoms with van der Waals surface area (Å²) in [6.07, 6.45) is 6.85. The molecule has 31 heteroatoms. The summed E-state index contributed by atoms with van der Waals surface area (Å²) in [6, 6.07) is 4.35. The molecule has 0 spiro atoms. The van der Waals surface area contributed by atoms with E-state index in [1.165, 1.54) is 34.9 Å². The summed E-state index contributed by atoms with van der Waals surface area (Å²) >= 11 is 18.7. The largest absolute Gasteiger partial charge is 0.490 e. The fourth-order valence-corrected chi connectivity index (χ4v) is 12.9. The van der Waals surface area contributed by atoms with Crippen LogP contribution in [0.3, 0.4) is 0 Å². The van der Waals surface area contributed by atoms with E-state index in [4.69, 9.17) is 66.2 Å². The molecule has 0 saturated carbocycles. The molecule has 9 aromatic rings. The molecule has 3 aromatic carbocycles. The number of nitrogens with one attached hydrogen (secondary N) is 1. The average Bonchev–Trinajstić information content (AvgIpc) is 1.69. The van der Waals surface area contributed by atoms with E-state index in [0.29, 0.717) is 98.2 Å². The molecule has 2 aliphatic heterocycles. The smallest absolute Gasteiger partial charge is 0.260 e. The van der Waals surface area contributed by atoms with Gasteiger partial charge in [-0.25, -0.2) is 51.9 Å². The molecule has 9 N–H and O–H groups in total. The third kappa shape index (κ3) is 15.5. The molecule has 2 unspecified atom stereocenters. The molecule has 2 fully saturated rings. The number of likely N-dealkylation sites (tertiary alicyclic amines) is 2. The van der Waals surface area contributed by atoms with Gasteiger partial charge in [0, 0.05) is 117 Å². The standard InChI is InChI=1S/C24H27ClF3N5O2.C23H27ClFN5O3.C22H27ClFN5O3/c1-12(2)35-20-15(13(3)22-31-14(4)19-21(29)30-7-10-33(19)22)11-16(25)18(26)17(20)23(34)32-8-5-24(27,28)6-9-32;1-11(2)33-20-15(12(3)22-28-13(4)19-21(26)27-6-8-30(19)22)9-16(24)18(25)17(20)23(32)29-7-5-14(31)10-29;1-10(2)32-19-14(8-15(23)17(24)16(19)22(31)27-9-11(3)30)12(4)21-28-13(5)18-20(25)26-6-7-29(18)21/h7,10-13H,5-6,8-9H2,1-4H3,(H2,29,30);6,8-9,11-12,14,31H,5,7,10H2,1-4H3,(H2,26,27);6-8,10-12,30H,9H2,1-5H3,(H2,25,26)(H,27,31)/t13-;12?,14-;11-,12?/m001/s1. The molecule has 2 aliphatic rings. The Morgan fingerprint density at radius 3 is 1.22 bits per heavy atom. The summed E-state index contributed by atoms with van der Waals surface area (Å²) in [5.74, 6) is -5.88. The normalized spacial score (nSPS) is 15.8. The molecule has 5 atom stereocenters. The topological polar surface area (TPSA) is 306 Å². The summed E-state index contributed by atoms with van der Waals surface area (Å²) in [5.41, 5.74) is 22.7. The van der Waals surface area contributed by atoms with E-state index in [1.807, 2.05) is 43.4 Å². The lowest BCUT2D eigenvalue weighted by molar-refractivity contribution is -0.0495. The number of nitrogens with zero attached hydrogens (tertiary/aromatic N) is 11. The number of rotatable bonds is 17. The van der Waals surface area contributed by atoms with Crippen molar-refractivity contribution in [1.82, 2.24) is 58.2 Å². The molecule has 0 bridgehead atoms. The Labute approximate surface area is 589 Å². The predicted octanol–water partition coefficient (Wildman–Crippen LogP) is 12.2. The monoisotopic (exact) mass is 1450 g/mol. The van der Waals surface area contributed by atoms with E-state index in [-0.39, 0.29) is 87.4 Å². The molecule has 0 radical (unpaired) electrons. The van der Waals surface area contributed by atoms with E-state index < -0.39 is 90.0 Å². The quantitative estimate of drug-likeness (QED) is 0.0462. The van der Waals surface area contributed by atoms with Crippen LogP contribution in [-0.4, -0.2) is 150 Å². The number of alkyl halides is 2. The first-order valence-electron chi connectivity index (χ1n) is 32.5. The van der Waals surface area contributed by atoms with Crippen LogP contribution >= 0.6 is 34.8 Å². The Bertz CT molecular complexity index is 4580. The van der Waals surface area contributed by atoms with E-state index in [1.54, 1.807) is 90.0 Å². The number of ether oxygens (including phenoxy) is 3. The molecular weight excluding hydrogens is 1370 g/mol. The van der Waals surface area contributed by atoms with Crippen molar-refractivity contribution in [3.63, 3.8) is 0 Å². The minimum absolute atomic E-state index is 0.0214. The first-order chi connectivity index (χ1) is 47.0. The molecule has 100 heavy (non-hydrogen) atoms. The average molecular weight is 1450 g/mol. The van der Waals surface area contributed by atoms with Gasteiger partial charge in [-0.2, -0.15) is 0 Å². The first kappa shape index (κ1) is 75.4. The summed E-state index contributed by atoms with van der Waals surface area (Å²) in [6.45, 7) is 23.2. The Morgan fingerprint density at radius 1 is 0.570 bits per heavy atom. The zero-order valence-electron chi connectivity index (χ0n) is 57.5. The number of aromatic nitrogens is 9. The number of imidazole rings is 3. The molecule has 536 valence electrons. The molecule has 23 nitrogen and oxygen atoms in total. The van der Waals surface area contributed by atoms with Gasteiger partial charge in [-0.15, -0.1) is 0 Å². The Hall–Kier alpha value is -8.83. The summed E-state index contributed by atoms with van der Waals surface area (Å²) in [5, 5.41) is 21.2. The number of hydrogen-bond donors (Lipinski definition) is 6. The van der Waals surface area contributed by atoms with Gasteiger partial charge in [0.25, 0.3) is 23.6 Å². The lowest BCUT2D eigenvalue weighted by atomic mass is 9.95. The van der Waals surface area contributed by atoms with Gasteiger partial charge < -0.3 is 56.7 Å². The highest BCUT2D eigenvalue weighted by Gasteiger charge is 2.40. The molecule has 6 aromatic heterocycles. The summed E-state index contributed by atoms with van der Waals surface area (Å²) < 4.78 is 96.4. The van der Waals surface area contributed by atoms with Crippen LogP contribution in [0.25, 0.3) is 16.6 Å². The van der Waals surface area contributed by atoms with Crippen molar-refractivity contribution >= 4 is 86.5 Å². The fourth-order valence-electron chi connectivity index (χ4n) is 12.3. The number of nitrogens with two attached hydrogens (primary N) is 3. The lowest BCUT2D eigenvalue weighted by Crippen LogP contribution is -2.43. The number of carbonyl (C=O) groups is 3. The van der Waals surface area contributed by atoms with Gasteiger partial charge in [0.05, 0.1) is 62.7 Å². The van der Waals surface area contributed by atoms with Gasteiger partial charge in [0.1, 0.15) is 85.4 Å². The lowest BCUT2D eigenvalue weighted by Gasteiger charge is -2.32. The van der Waals surface area contributed by atoms with Gasteiger partial charge in [-0.3, -0.25) is 27.6 Å². The summed E-state index contributed by atoms with van der Waals surface area (Å²) in [7, 11) is 0. The molecule has 8 heterocycles. The number of fused-ring (bicyclic) bond motifs is 3. The number of anilines is 3. The van der Waals surface area contributed by atoms with Crippen molar-refractivity contribution in [2.75, 3.05) is 49.9 Å². The zero-order valence-corrected chi connectivity index (χ0v) is 59.8. The van der Waals surface area contributed by atoms with E-state index in [0.717, 1.165) is 0 Å². The number of benzene rings is 3. The van der Waals surface area contributed by atoms with Crippen molar-refractivity contribution in [3.05, 3.63) is 156 Å². The number of amides is 3. The maximum Gasteiger partial charge on any atom is 0.260 e. The number of aliphatic hydroxyl groups is 2. The number of piperidine rings is 1. The van der Waals surface area contributed by atoms with Crippen LogP contribution in [0, 0.1) is 38.2 Å². The second kappa shape index (κ2) is 30.6. The van der Waals surface area contributed by atoms with Crippen LogP contribution in [0.15, 0.2) is 55.4 Å². The highest BCUT2D eigenvalue weighted by molar-refractivity contribution is 6.32. The zero-order chi connectivity index (χ0) is 73.4. The van der Waals surface area contributed by atoms with Crippen molar-refractivity contribution in [2.24, 2.45) is 0 Å². The number of halogens is 8.